The summed E-state index contributed by atoms with van der Waals surface area (Å²) in [6.45, 7) is 1.98. The highest BCUT2D eigenvalue weighted by Gasteiger charge is 2.10. The van der Waals surface area contributed by atoms with Crippen LogP contribution in [-0.4, -0.2) is 25.4 Å². The highest BCUT2D eigenvalue weighted by atomic mass is 32.1. The molecule has 0 aromatic carbocycles. The van der Waals surface area contributed by atoms with Gasteiger partial charge in [0.05, 0.1) is 13.0 Å². The summed E-state index contributed by atoms with van der Waals surface area (Å²) in [6, 6.07) is 0. The Balaban J connectivity index is 1.61. The quantitative estimate of drug-likeness (QED) is 0.767. The molecule has 3 heterocycles. The summed E-state index contributed by atoms with van der Waals surface area (Å²) in [5.41, 5.74) is 0.914. The van der Waals surface area contributed by atoms with Crippen molar-refractivity contribution in [1.29, 1.82) is 0 Å². The summed E-state index contributed by atoms with van der Waals surface area (Å²) >= 11 is 1.51. The third-order valence-electron chi connectivity index (χ3n) is 2.56. The van der Waals surface area contributed by atoms with Crippen LogP contribution in [0.1, 0.15) is 17.4 Å². The van der Waals surface area contributed by atoms with E-state index in [1.807, 2.05) is 16.0 Å². The number of amides is 1. The Morgan fingerprint density at radius 3 is 3.26 bits per heavy atom. The van der Waals surface area contributed by atoms with Crippen LogP contribution >= 0.6 is 11.3 Å². The van der Waals surface area contributed by atoms with E-state index in [2.05, 4.69) is 20.4 Å². The van der Waals surface area contributed by atoms with Gasteiger partial charge in [0.25, 0.3) is 0 Å². The molecule has 19 heavy (non-hydrogen) atoms. The van der Waals surface area contributed by atoms with Crippen LogP contribution in [0.4, 0.5) is 0 Å². The maximum atomic E-state index is 11.8. The Morgan fingerprint density at radius 1 is 1.58 bits per heavy atom. The molecule has 0 spiro atoms. The zero-order valence-electron chi connectivity index (χ0n) is 10.2. The first-order chi connectivity index (χ1) is 9.22. The average Bonchev–Trinajstić information content (AvgIpc) is 3.05. The molecular formula is C11H11N5O2S. The van der Waals surface area contributed by atoms with Gasteiger partial charge in [0.15, 0.2) is 10.8 Å². The number of rotatable bonds is 4. The van der Waals surface area contributed by atoms with E-state index in [1.165, 1.54) is 11.3 Å². The highest BCUT2D eigenvalue weighted by Crippen LogP contribution is 2.14. The Hall–Kier alpha value is -2.22. The van der Waals surface area contributed by atoms with E-state index in [-0.39, 0.29) is 12.5 Å². The molecule has 0 bridgehead atoms. The lowest BCUT2D eigenvalue weighted by Crippen LogP contribution is -2.25. The van der Waals surface area contributed by atoms with Gasteiger partial charge in [0.1, 0.15) is 0 Å². The van der Waals surface area contributed by atoms with Crippen LogP contribution in [0.25, 0.3) is 4.96 Å². The third kappa shape index (κ3) is 2.48. The van der Waals surface area contributed by atoms with Gasteiger partial charge in [0, 0.05) is 23.5 Å². The molecule has 0 fully saturated rings. The molecule has 0 saturated heterocycles. The van der Waals surface area contributed by atoms with Crippen molar-refractivity contribution in [3.63, 3.8) is 0 Å². The fraction of sp³-hybridized carbons (Fsp3) is 0.273. The van der Waals surface area contributed by atoms with Crippen LogP contribution in [0.2, 0.25) is 0 Å². The van der Waals surface area contributed by atoms with Gasteiger partial charge in [-0.2, -0.15) is 4.98 Å². The van der Waals surface area contributed by atoms with Crippen LogP contribution in [-0.2, 0) is 17.8 Å². The molecule has 7 nitrogen and oxygen atoms in total. The standard InChI is InChI=1S/C11H11N5O2S/c1-7-14-10(18-15-7)5-13-9(17)4-8-6-19-11-12-2-3-16(8)11/h2-3,6H,4-5H2,1H3,(H,13,17). The summed E-state index contributed by atoms with van der Waals surface area (Å²) in [7, 11) is 0. The number of carbonyl (C=O) groups is 1. The zero-order chi connectivity index (χ0) is 13.2. The molecule has 0 aliphatic rings. The summed E-state index contributed by atoms with van der Waals surface area (Å²) in [4.78, 5) is 20.9. The fourth-order valence-electron chi connectivity index (χ4n) is 1.71. The van der Waals surface area contributed by atoms with Gasteiger partial charge in [-0.05, 0) is 6.92 Å². The minimum atomic E-state index is -0.0933. The van der Waals surface area contributed by atoms with Crippen LogP contribution in [0, 0.1) is 6.92 Å². The number of nitrogens with one attached hydrogen (secondary N) is 1. The lowest BCUT2D eigenvalue weighted by Gasteiger charge is -2.01. The molecule has 0 aliphatic carbocycles. The van der Waals surface area contributed by atoms with E-state index in [9.17, 15) is 4.79 Å². The fourth-order valence-corrected chi connectivity index (χ4v) is 2.56. The number of aryl methyl sites for hydroxylation is 1. The van der Waals surface area contributed by atoms with E-state index in [0.717, 1.165) is 10.7 Å². The van der Waals surface area contributed by atoms with E-state index in [1.54, 1.807) is 13.1 Å². The first-order valence-corrected chi connectivity index (χ1v) is 6.55. The molecule has 3 aromatic heterocycles. The van der Waals surface area contributed by atoms with Crippen molar-refractivity contribution >= 4 is 22.2 Å². The highest BCUT2D eigenvalue weighted by molar-refractivity contribution is 7.15. The zero-order valence-corrected chi connectivity index (χ0v) is 11.0. The van der Waals surface area contributed by atoms with E-state index < -0.39 is 0 Å². The number of hydrogen-bond donors (Lipinski definition) is 1. The van der Waals surface area contributed by atoms with E-state index in [4.69, 9.17) is 4.52 Å². The number of hydrogen-bond acceptors (Lipinski definition) is 6. The Kier molecular flexibility index (Phi) is 3.00. The predicted octanol–water partition coefficient (Wildman–Crippen LogP) is 0.946. The van der Waals surface area contributed by atoms with Crippen LogP contribution < -0.4 is 5.32 Å². The second-order valence-corrected chi connectivity index (χ2v) is 4.83. The number of fused-ring (bicyclic) bond motifs is 1. The Bertz CT molecular complexity index is 713. The molecule has 0 atom stereocenters. The minimum absolute atomic E-state index is 0.0933. The molecule has 0 saturated carbocycles. The van der Waals surface area contributed by atoms with Crippen molar-refractivity contribution in [2.45, 2.75) is 19.9 Å². The van der Waals surface area contributed by atoms with Gasteiger partial charge in [-0.25, -0.2) is 4.98 Å². The van der Waals surface area contributed by atoms with E-state index in [0.29, 0.717) is 18.1 Å². The van der Waals surface area contributed by atoms with Crippen molar-refractivity contribution in [2.24, 2.45) is 0 Å². The molecule has 0 aliphatic heterocycles. The van der Waals surface area contributed by atoms with Crippen LogP contribution in [0.15, 0.2) is 22.3 Å². The Labute approximate surface area is 112 Å². The first-order valence-electron chi connectivity index (χ1n) is 5.67. The molecule has 0 unspecified atom stereocenters. The minimum Gasteiger partial charge on any atom is -0.347 e. The number of nitrogens with zero attached hydrogens (tertiary/aromatic N) is 4. The maximum Gasteiger partial charge on any atom is 0.246 e. The van der Waals surface area contributed by atoms with Crippen molar-refractivity contribution < 1.29 is 9.32 Å². The molecule has 98 valence electrons. The number of imidazole rings is 1. The predicted molar refractivity (Wildman–Crippen MR) is 67.7 cm³/mol. The lowest BCUT2D eigenvalue weighted by atomic mass is 10.3. The van der Waals surface area contributed by atoms with Crippen molar-refractivity contribution in [2.75, 3.05) is 0 Å². The van der Waals surface area contributed by atoms with Crippen molar-refractivity contribution in [1.82, 2.24) is 24.8 Å². The summed E-state index contributed by atoms with van der Waals surface area (Å²) < 4.78 is 6.82. The molecule has 3 aromatic rings. The topological polar surface area (TPSA) is 85.3 Å². The largest absolute Gasteiger partial charge is 0.347 e. The van der Waals surface area contributed by atoms with Gasteiger partial charge in [0.2, 0.25) is 11.8 Å². The van der Waals surface area contributed by atoms with Gasteiger partial charge in [-0.3, -0.25) is 9.20 Å². The number of thiazole rings is 1. The number of aromatic nitrogens is 4. The number of carbonyl (C=O) groups excluding carboxylic acids is 1. The SMILES string of the molecule is Cc1noc(CNC(=O)Cc2csc3nccn23)n1. The normalized spacial score (nSPS) is 11.0. The summed E-state index contributed by atoms with van der Waals surface area (Å²) in [6.07, 6.45) is 3.85. The third-order valence-corrected chi connectivity index (χ3v) is 3.47. The molecule has 1 N–H and O–H groups in total. The van der Waals surface area contributed by atoms with Crippen molar-refractivity contribution in [3.8, 4) is 0 Å². The van der Waals surface area contributed by atoms with E-state index >= 15 is 0 Å². The Morgan fingerprint density at radius 2 is 2.47 bits per heavy atom. The second kappa shape index (κ2) is 4.81. The second-order valence-electron chi connectivity index (χ2n) is 4.00. The van der Waals surface area contributed by atoms with Gasteiger partial charge >= 0.3 is 0 Å². The molecule has 3 rings (SSSR count). The van der Waals surface area contributed by atoms with Crippen LogP contribution in [0.3, 0.4) is 0 Å². The summed E-state index contributed by atoms with van der Waals surface area (Å²) in [5.74, 6) is 0.871. The monoisotopic (exact) mass is 277 g/mol. The smallest absolute Gasteiger partial charge is 0.246 e. The van der Waals surface area contributed by atoms with Gasteiger partial charge in [-0.1, -0.05) is 5.16 Å². The lowest BCUT2D eigenvalue weighted by molar-refractivity contribution is -0.120. The van der Waals surface area contributed by atoms with Gasteiger partial charge < -0.3 is 9.84 Å². The van der Waals surface area contributed by atoms with Crippen LogP contribution in [0.5, 0.6) is 0 Å². The molecule has 8 heteroatoms. The molecule has 0 radical (unpaired) electrons. The van der Waals surface area contributed by atoms with Gasteiger partial charge in [-0.15, -0.1) is 11.3 Å². The maximum absolute atomic E-state index is 11.8. The molecule has 1 amide bonds. The first kappa shape index (κ1) is 11.8. The average molecular weight is 277 g/mol. The molecular weight excluding hydrogens is 266 g/mol. The van der Waals surface area contributed by atoms with Crippen molar-refractivity contribution in [3.05, 3.63) is 35.2 Å². The summed E-state index contributed by atoms with van der Waals surface area (Å²) in [5, 5.41) is 8.33.